The second kappa shape index (κ2) is 12.8. The van der Waals surface area contributed by atoms with Crippen LogP contribution in [0, 0.1) is 18.2 Å². The van der Waals surface area contributed by atoms with Crippen molar-refractivity contribution >= 4 is 29.9 Å². The summed E-state index contributed by atoms with van der Waals surface area (Å²) in [5, 5.41) is 6.42. The van der Waals surface area contributed by atoms with E-state index in [2.05, 4.69) is 21.5 Å². The number of terminal acetylenes is 1. The van der Waals surface area contributed by atoms with Crippen molar-refractivity contribution in [3.63, 3.8) is 0 Å². The van der Waals surface area contributed by atoms with Crippen molar-refractivity contribution < 1.29 is 13.9 Å². The topological polar surface area (TPSA) is 54.9 Å². The first-order chi connectivity index (χ1) is 13.2. The summed E-state index contributed by atoms with van der Waals surface area (Å²) in [6.45, 7) is 3.79. The van der Waals surface area contributed by atoms with Gasteiger partial charge in [-0.3, -0.25) is 0 Å². The Morgan fingerprint density at radius 3 is 2.64 bits per heavy atom. The molecule has 2 aromatic carbocycles. The lowest BCUT2D eigenvalue weighted by atomic mass is 10.2. The molecule has 7 heteroatoms. The van der Waals surface area contributed by atoms with Crippen LogP contribution in [0.2, 0.25) is 0 Å². The van der Waals surface area contributed by atoms with E-state index in [9.17, 15) is 4.39 Å². The largest absolute Gasteiger partial charge is 0.493 e. The highest BCUT2D eigenvalue weighted by atomic mass is 127. The molecule has 0 unspecified atom stereocenters. The first-order valence-corrected chi connectivity index (χ1v) is 8.66. The van der Waals surface area contributed by atoms with Gasteiger partial charge in [0.1, 0.15) is 12.4 Å². The fraction of sp³-hybridized carbons (Fsp3) is 0.286. The van der Waals surface area contributed by atoms with Gasteiger partial charge in [0.15, 0.2) is 17.5 Å². The molecule has 150 valence electrons. The predicted octanol–water partition coefficient (Wildman–Crippen LogP) is 3.72. The maximum absolute atomic E-state index is 13.3. The quantitative estimate of drug-likeness (QED) is 0.253. The lowest BCUT2D eigenvalue weighted by Gasteiger charge is -2.14. The van der Waals surface area contributed by atoms with Crippen LogP contribution >= 0.6 is 24.0 Å². The first-order valence-electron chi connectivity index (χ1n) is 8.66. The molecule has 0 heterocycles. The number of nitrogens with zero attached hydrogens (tertiary/aromatic N) is 1. The average Bonchev–Trinajstić information content (AvgIpc) is 2.68. The highest BCUT2D eigenvalue weighted by Gasteiger charge is 2.06. The number of hydrogen-bond donors (Lipinski definition) is 2. The van der Waals surface area contributed by atoms with E-state index in [4.69, 9.17) is 15.9 Å². The third-order valence-electron chi connectivity index (χ3n) is 3.65. The van der Waals surface area contributed by atoms with Crippen LogP contribution in [0.25, 0.3) is 0 Å². The van der Waals surface area contributed by atoms with Crippen LogP contribution in [0.3, 0.4) is 0 Å². The molecule has 0 aliphatic rings. The molecule has 0 spiro atoms. The van der Waals surface area contributed by atoms with Gasteiger partial charge in [0.25, 0.3) is 0 Å². The van der Waals surface area contributed by atoms with E-state index in [1.165, 1.54) is 12.1 Å². The maximum atomic E-state index is 13.3. The number of benzene rings is 2. The van der Waals surface area contributed by atoms with Crippen molar-refractivity contribution in [2.75, 3.05) is 20.3 Å². The first kappa shape index (κ1) is 23.6. The summed E-state index contributed by atoms with van der Waals surface area (Å²) in [4.78, 5) is 4.49. The molecule has 0 radical (unpaired) electrons. The van der Waals surface area contributed by atoms with Crippen molar-refractivity contribution in [1.82, 2.24) is 10.6 Å². The Morgan fingerprint density at radius 2 is 1.96 bits per heavy atom. The molecule has 5 nitrogen and oxygen atoms in total. The number of nitrogens with one attached hydrogen (secondary N) is 2. The van der Waals surface area contributed by atoms with Gasteiger partial charge < -0.3 is 20.1 Å². The van der Waals surface area contributed by atoms with E-state index in [-0.39, 0.29) is 36.4 Å². The monoisotopic (exact) mass is 497 g/mol. The molecular weight excluding hydrogens is 472 g/mol. The van der Waals surface area contributed by atoms with Gasteiger partial charge >= 0.3 is 0 Å². The molecule has 0 amide bonds. The third kappa shape index (κ3) is 7.64. The number of guanidine groups is 1. The molecule has 0 aromatic heterocycles. The number of rotatable bonds is 8. The lowest BCUT2D eigenvalue weighted by molar-refractivity contribution is 0.330. The summed E-state index contributed by atoms with van der Waals surface area (Å²) in [5.74, 6) is 4.04. The Bertz CT molecular complexity index is 822. The Hall–Kier alpha value is -2.47. The summed E-state index contributed by atoms with van der Waals surface area (Å²) < 4.78 is 24.1. The zero-order valence-corrected chi connectivity index (χ0v) is 18.3. The lowest BCUT2D eigenvalue weighted by Crippen LogP contribution is -2.36. The Balaban J connectivity index is 0.00000392. The van der Waals surface area contributed by atoms with Gasteiger partial charge in [-0.1, -0.05) is 24.1 Å². The molecule has 0 saturated carbocycles. The molecule has 0 fully saturated rings. The second-order valence-corrected chi connectivity index (χ2v) is 5.66. The summed E-state index contributed by atoms with van der Waals surface area (Å²) >= 11 is 0. The van der Waals surface area contributed by atoms with Crippen LogP contribution in [-0.2, 0) is 13.1 Å². The number of aliphatic imine (C=N–C) groups is 1. The van der Waals surface area contributed by atoms with Crippen molar-refractivity contribution in [2.45, 2.75) is 20.0 Å². The third-order valence-corrected chi connectivity index (χ3v) is 3.65. The van der Waals surface area contributed by atoms with E-state index >= 15 is 0 Å². The molecular formula is C21H25FIN3O2. The summed E-state index contributed by atoms with van der Waals surface area (Å²) in [6, 6.07) is 12.1. The fourth-order valence-electron chi connectivity index (χ4n) is 2.40. The van der Waals surface area contributed by atoms with Crippen molar-refractivity contribution in [1.29, 1.82) is 0 Å². The van der Waals surface area contributed by atoms with Crippen molar-refractivity contribution in [2.24, 2.45) is 4.99 Å². The second-order valence-electron chi connectivity index (χ2n) is 5.66. The van der Waals surface area contributed by atoms with Gasteiger partial charge in [-0.15, -0.1) is 30.4 Å². The molecule has 2 aromatic rings. The van der Waals surface area contributed by atoms with Gasteiger partial charge in [-0.25, -0.2) is 9.38 Å². The van der Waals surface area contributed by atoms with Gasteiger partial charge in [0, 0.05) is 13.1 Å². The van der Waals surface area contributed by atoms with E-state index in [0.717, 1.165) is 11.1 Å². The van der Waals surface area contributed by atoms with Crippen LogP contribution in [0.5, 0.6) is 11.5 Å². The molecule has 0 aliphatic heterocycles. The molecule has 0 bridgehead atoms. The molecule has 2 rings (SSSR count). The SMILES string of the molecule is C#CCOc1cc(CNC(=NCc2cccc(F)c2)NCC)ccc1OC.I. The molecule has 2 N–H and O–H groups in total. The highest BCUT2D eigenvalue weighted by molar-refractivity contribution is 14.0. The van der Waals surface area contributed by atoms with E-state index in [0.29, 0.717) is 37.1 Å². The van der Waals surface area contributed by atoms with Crippen LogP contribution in [0.4, 0.5) is 4.39 Å². The zero-order valence-electron chi connectivity index (χ0n) is 16.0. The van der Waals surface area contributed by atoms with E-state index in [1.54, 1.807) is 13.2 Å². The van der Waals surface area contributed by atoms with Crippen molar-refractivity contribution in [3.05, 3.63) is 59.4 Å². The van der Waals surface area contributed by atoms with Gasteiger partial charge in [0.05, 0.1) is 13.7 Å². The highest BCUT2D eigenvalue weighted by Crippen LogP contribution is 2.27. The van der Waals surface area contributed by atoms with Crippen molar-refractivity contribution in [3.8, 4) is 23.8 Å². The summed E-state index contributed by atoms with van der Waals surface area (Å²) in [7, 11) is 1.58. The van der Waals surface area contributed by atoms with E-state index in [1.807, 2.05) is 31.2 Å². The molecule has 0 aliphatic carbocycles. The number of ether oxygens (including phenoxy) is 2. The van der Waals surface area contributed by atoms with Gasteiger partial charge in [-0.2, -0.15) is 0 Å². The molecule has 28 heavy (non-hydrogen) atoms. The minimum absolute atomic E-state index is 0. The number of halogens is 2. The average molecular weight is 497 g/mol. The van der Waals surface area contributed by atoms with Crippen LogP contribution in [0.1, 0.15) is 18.1 Å². The summed E-state index contributed by atoms with van der Waals surface area (Å²) in [5.41, 5.74) is 1.79. The standard InChI is InChI=1S/C21H24FN3O2.HI/c1-4-11-27-20-13-17(9-10-19(20)26-3)15-25-21(23-5-2)24-14-16-7-6-8-18(22)12-16;/h1,6-10,12-13H,5,11,14-15H2,2-3H3,(H2,23,24,25);1H. The Morgan fingerprint density at radius 1 is 1.14 bits per heavy atom. The zero-order chi connectivity index (χ0) is 19.5. The van der Waals surface area contributed by atoms with Gasteiger partial charge in [0.2, 0.25) is 0 Å². The Labute approximate surface area is 182 Å². The minimum atomic E-state index is -0.265. The van der Waals surface area contributed by atoms with Crippen LogP contribution in [-0.4, -0.2) is 26.2 Å². The molecule has 0 atom stereocenters. The number of methoxy groups -OCH3 is 1. The number of hydrogen-bond acceptors (Lipinski definition) is 3. The smallest absolute Gasteiger partial charge is 0.191 e. The predicted molar refractivity (Wildman–Crippen MR) is 121 cm³/mol. The maximum Gasteiger partial charge on any atom is 0.191 e. The van der Waals surface area contributed by atoms with Crippen LogP contribution < -0.4 is 20.1 Å². The minimum Gasteiger partial charge on any atom is -0.493 e. The fourth-order valence-corrected chi connectivity index (χ4v) is 2.40. The Kier molecular flexibility index (Phi) is 10.8. The summed E-state index contributed by atoms with van der Waals surface area (Å²) in [6.07, 6.45) is 5.25. The van der Waals surface area contributed by atoms with Crippen LogP contribution in [0.15, 0.2) is 47.5 Å². The van der Waals surface area contributed by atoms with E-state index < -0.39 is 0 Å². The normalized spacial score (nSPS) is 10.4. The molecule has 0 saturated heterocycles. The van der Waals surface area contributed by atoms with Gasteiger partial charge in [-0.05, 0) is 42.3 Å².